The van der Waals surface area contributed by atoms with Crippen molar-refractivity contribution in [1.82, 2.24) is 0 Å². The summed E-state index contributed by atoms with van der Waals surface area (Å²) in [7, 11) is 0. The van der Waals surface area contributed by atoms with Crippen molar-refractivity contribution in [3.63, 3.8) is 0 Å². The predicted octanol–water partition coefficient (Wildman–Crippen LogP) is 17.2. The van der Waals surface area contributed by atoms with Gasteiger partial charge < -0.3 is 47.4 Å². The summed E-state index contributed by atoms with van der Waals surface area (Å²) in [6.45, 7) is 38.6. The molecule has 0 spiro atoms. The summed E-state index contributed by atoms with van der Waals surface area (Å²) in [5.41, 5.74) is 14.9. The van der Waals surface area contributed by atoms with Gasteiger partial charge in [-0.1, -0.05) is 153 Å². The minimum absolute atomic E-state index is 0.122. The van der Waals surface area contributed by atoms with Gasteiger partial charge in [-0.25, -0.2) is 33.6 Å². The second-order valence-electron chi connectivity index (χ2n) is 29.6. The van der Waals surface area contributed by atoms with E-state index in [4.69, 9.17) is 47.4 Å². The Labute approximate surface area is 632 Å². The van der Waals surface area contributed by atoms with Crippen molar-refractivity contribution in [2.45, 2.75) is 218 Å². The summed E-state index contributed by atoms with van der Waals surface area (Å²) in [6.07, 6.45) is -16.5. The number of rotatable bonds is 20. The average molecular weight is 1470 g/mol. The molecule has 8 aromatic carbocycles. The molecule has 0 radical (unpaired) electrons. The molecule has 2 heterocycles. The van der Waals surface area contributed by atoms with Gasteiger partial charge in [-0.15, -0.1) is 0 Å². The largest absolute Gasteiger partial charge is 0.459 e. The van der Waals surface area contributed by atoms with E-state index in [-0.39, 0.29) is 33.4 Å². The Morgan fingerprint density at radius 3 is 0.794 bits per heavy atom. The van der Waals surface area contributed by atoms with E-state index in [2.05, 4.69) is 0 Å². The van der Waals surface area contributed by atoms with Crippen LogP contribution in [0.15, 0.2) is 114 Å². The highest BCUT2D eigenvalue weighted by Gasteiger charge is 2.59. The molecule has 2 fully saturated rings. The number of hydrogen-bond donors (Lipinski definition) is 0. The first kappa shape index (κ1) is 79.8. The Balaban J connectivity index is 1.26. The van der Waals surface area contributed by atoms with Crippen LogP contribution in [0.1, 0.15) is 195 Å². The molecule has 2 saturated heterocycles. The van der Waals surface area contributed by atoms with Crippen molar-refractivity contribution in [2.75, 3.05) is 13.2 Å². The molecule has 18 heteroatoms. The van der Waals surface area contributed by atoms with Crippen LogP contribution in [0, 0.1) is 152 Å². The van der Waals surface area contributed by atoms with E-state index in [0.29, 0.717) is 88.3 Å². The molecule has 107 heavy (non-hydrogen) atoms. The Morgan fingerprint density at radius 2 is 0.505 bits per heavy atom. The molecular formula is C89H98O17S. The Kier molecular flexibility index (Phi) is 24.8. The molecule has 8 aromatic rings. The SMILES string of the molecule is Cc1ccc(S[C@@H]2O[C@H](COC(=O)c3c(C)cc(C)cc3C)[C@H](OC(=O)c3c(C)cc(C)cc3C)[C@H](O[C@@H]3O[C@H](COC(=O)c4c(C)cc(C)cc4C)[C@H](OC(=O)c4c(C)cc(C)cc4C)[C@H](OC(=O)c4c(C)cc(C)cc4C)[C@H]3OC(=O)c3c(C)cc(C)cc3C)[C@H]2OC(=O)c2c(C)cc(C)cc2C)cc1. The fraction of sp³-hybridized carbons (Fsp3) is 0.382. The summed E-state index contributed by atoms with van der Waals surface area (Å²) in [6, 6.07) is 33.2. The van der Waals surface area contributed by atoms with Crippen molar-refractivity contribution in [2.24, 2.45) is 0 Å². The van der Waals surface area contributed by atoms with Crippen LogP contribution in [0.4, 0.5) is 0 Å². The van der Waals surface area contributed by atoms with Gasteiger partial charge in [-0.05, 0) is 242 Å². The van der Waals surface area contributed by atoms with Crippen LogP contribution in [0.5, 0.6) is 0 Å². The Morgan fingerprint density at radius 1 is 0.271 bits per heavy atom. The first-order valence-corrected chi connectivity index (χ1v) is 37.0. The van der Waals surface area contributed by atoms with E-state index < -0.39 is 116 Å². The average Bonchev–Trinajstić information content (AvgIpc) is 0.752. The smallest absolute Gasteiger partial charge is 0.339 e. The highest BCUT2D eigenvalue weighted by molar-refractivity contribution is 7.99. The van der Waals surface area contributed by atoms with Gasteiger partial charge in [0.15, 0.2) is 36.8 Å². The van der Waals surface area contributed by atoms with Crippen LogP contribution in [-0.4, -0.2) is 116 Å². The lowest BCUT2D eigenvalue weighted by Crippen LogP contribution is -2.67. The summed E-state index contributed by atoms with van der Waals surface area (Å²) in [5.74, 6) is -6.02. The van der Waals surface area contributed by atoms with E-state index in [0.717, 1.165) is 56.3 Å². The first-order valence-electron chi connectivity index (χ1n) is 36.1. The molecular weight excluding hydrogens is 1370 g/mol. The van der Waals surface area contributed by atoms with Crippen LogP contribution >= 0.6 is 11.8 Å². The van der Waals surface area contributed by atoms with Crippen LogP contribution in [0.25, 0.3) is 0 Å². The highest BCUT2D eigenvalue weighted by Crippen LogP contribution is 2.43. The maximum atomic E-state index is 15.9. The molecule has 0 bridgehead atoms. The van der Waals surface area contributed by atoms with Crippen molar-refractivity contribution in [1.29, 1.82) is 0 Å². The van der Waals surface area contributed by atoms with Crippen molar-refractivity contribution in [3.05, 3.63) is 271 Å². The van der Waals surface area contributed by atoms with Crippen molar-refractivity contribution >= 4 is 53.5 Å². The van der Waals surface area contributed by atoms with Gasteiger partial charge in [-0.2, -0.15) is 0 Å². The third-order valence-corrected chi connectivity index (χ3v) is 21.0. The van der Waals surface area contributed by atoms with E-state index in [1.165, 1.54) is 0 Å². The third-order valence-electron chi connectivity index (χ3n) is 19.9. The molecule has 0 N–H and O–H groups in total. The van der Waals surface area contributed by atoms with E-state index in [9.17, 15) is 9.59 Å². The second-order valence-corrected chi connectivity index (χ2v) is 30.8. The molecule has 0 amide bonds. The number of aryl methyl sites for hydroxylation is 22. The molecule has 10 atom stereocenters. The zero-order valence-corrected chi connectivity index (χ0v) is 66.2. The van der Waals surface area contributed by atoms with Gasteiger partial charge in [0.05, 0.1) is 38.9 Å². The maximum absolute atomic E-state index is 15.9. The molecule has 0 aromatic heterocycles. The monoisotopic (exact) mass is 1470 g/mol. The Hall–Kier alpha value is -9.72. The van der Waals surface area contributed by atoms with Gasteiger partial charge in [0.2, 0.25) is 0 Å². The van der Waals surface area contributed by atoms with Gasteiger partial charge in [-0.3, -0.25) is 0 Å². The lowest BCUT2D eigenvalue weighted by atomic mass is 9.94. The van der Waals surface area contributed by atoms with Gasteiger partial charge >= 0.3 is 41.8 Å². The standard InChI is InChI=1S/C89H98O17S/c1-43-23-25-65(26-24-43)107-89-80(105-87(96)74-63(21)39-50(8)40-64(74)22)78(76(102-84(93)71-57(15)33-47(5)34-58(71)16)67(100-89)42-98-82(91)69-53(11)29-45(3)30-54(69)12)106-88-79(104-86(95)73-61(19)37-49(7)38-62(73)20)77(103-85(94)72-59(17)35-48(6)36-60(72)18)75(101-83(92)70-55(13)31-46(4)32-56(70)14)66(99-88)41-97-81(90)68-51(9)27-44(2)28-52(68)10/h23-40,66-67,75-80,88-89H,41-42H2,1-22H3/t66-,67-,75+,76+,77+,78+,79-,80-,88+,89+/m1/s1. The third kappa shape index (κ3) is 18.0. The number of carbonyl (C=O) groups excluding carboxylic acids is 7. The number of ether oxygens (including phenoxy) is 10. The number of benzene rings is 8. The number of esters is 7. The van der Waals surface area contributed by atoms with E-state index >= 15 is 24.0 Å². The van der Waals surface area contributed by atoms with Crippen LogP contribution in [0.2, 0.25) is 0 Å². The summed E-state index contributed by atoms with van der Waals surface area (Å²) in [5, 5.41) is 0. The number of thioether (sulfide) groups is 1. The topological polar surface area (TPSA) is 212 Å². The molecule has 10 rings (SSSR count). The molecule has 17 nitrogen and oxygen atoms in total. The van der Waals surface area contributed by atoms with Crippen LogP contribution < -0.4 is 0 Å². The second kappa shape index (κ2) is 33.2. The molecule has 2 aliphatic rings. The molecule has 2 aliphatic heterocycles. The highest BCUT2D eigenvalue weighted by atomic mass is 32.2. The fourth-order valence-electron chi connectivity index (χ4n) is 15.8. The zero-order valence-electron chi connectivity index (χ0n) is 65.4. The van der Waals surface area contributed by atoms with Crippen molar-refractivity contribution in [3.8, 4) is 0 Å². The zero-order chi connectivity index (χ0) is 78.1. The lowest BCUT2D eigenvalue weighted by molar-refractivity contribution is -0.334. The summed E-state index contributed by atoms with van der Waals surface area (Å²) < 4.78 is 69.4. The van der Waals surface area contributed by atoms with Crippen LogP contribution in [0.3, 0.4) is 0 Å². The van der Waals surface area contributed by atoms with E-state index in [1.807, 2.05) is 165 Å². The predicted molar refractivity (Wildman–Crippen MR) is 410 cm³/mol. The normalized spacial score (nSPS) is 19.8. The summed E-state index contributed by atoms with van der Waals surface area (Å²) >= 11 is 1.13. The van der Waals surface area contributed by atoms with Crippen molar-refractivity contribution < 1.29 is 80.9 Å². The number of hydrogen-bond acceptors (Lipinski definition) is 18. The number of carbonyl (C=O) groups is 7. The first-order chi connectivity index (χ1) is 50.5. The van der Waals surface area contributed by atoms with Gasteiger partial charge in [0.25, 0.3) is 0 Å². The van der Waals surface area contributed by atoms with Gasteiger partial charge in [0.1, 0.15) is 37.0 Å². The van der Waals surface area contributed by atoms with Gasteiger partial charge in [0, 0.05) is 4.90 Å². The van der Waals surface area contributed by atoms with E-state index in [1.54, 1.807) is 96.9 Å². The maximum Gasteiger partial charge on any atom is 0.339 e. The molecule has 0 aliphatic carbocycles. The minimum Gasteiger partial charge on any atom is -0.459 e. The molecule has 0 saturated carbocycles. The fourth-order valence-corrected chi connectivity index (χ4v) is 17.0. The molecule has 0 unspecified atom stereocenters. The minimum atomic E-state index is -2.10. The lowest BCUT2D eigenvalue weighted by Gasteiger charge is -2.49. The van der Waals surface area contributed by atoms with Crippen LogP contribution in [-0.2, 0) is 47.4 Å². The Bertz CT molecular complexity index is 4670. The summed E-state index contributed by atoms with van der Waals surface area (Å²) in [4.78, 5) is 109. The quantitative estimate of drug-likeness (QED) is 0.0513. The molecule has 562 valence electrons.